The zero-order valence-electron chi connectivity index (χ0n) is 64.7. The summed E-state index contributed by atoms with van der Waals surface area (Å²) in [5.74, 6) is 0. The second kappa shape index (κ2) is 24.3. The van der Waals surface area contributed by atoms with Gasteiger partial charge < -0.3 is 14.4 Å². The monoisotopic (exact) mass is 1390 g/mol. The van der Waals surface area contributed by atoms with E-state index in [1.807, 2.05) is 11.3 Å². The molecule has 107 heavy (non-hydrogen) atoms. The summed E-state index contributed by atoms with van der Waals surface area (Å²) in [6.07, 6.45) is 0. The summed E-state index contributed by atoms with van der Waals surface area (Å²) in [6, 6.07) is 112. The summed E-state index contributed by atoms with van der Waals surface area (Å²) in [5, 5.41) is 10.6. The Bertz CT molecular complexity index is 6630. The number of aromatic nitrogens is 1. The van der Waals surface area contributed by atoms with Crippen LogP contribution in [-0.4, -0.2) is 11.3 Å². The highest BCUT2D eigenvalue weighted by atomic mass is 32.1. The Morgan fingerprint density at radius 2 is 0.729 bits per heavy atom. The van der Waals surface area contributed by atoms with E-state index in [2.05, 4.69) is 380 Å². The standard InChI is InChI=1S/C102H80BN3S/c1-100(2,3)70-56-82(63-30-14-10-15-31-63)95(83(57-70)64-32-16-11-17-33-64)105-89-62-73(104-87-46-26-24-42-77(87)78-43-25-27-47-88(78)104)52-55-86(89)103-94-90(105)60-72(102(7,8)9)61-91(94)106(96-84(65-34-18-12-19-35-65)58-71(101(4,5)6)59-85(96)66-36-20-13-21-37-66)97-81-45-29-44-80(98(81)107-99(97)103)75-41-23-22-40-74(75)76-53-50-69-49-48-67-38-28-39-68-51-54-79(76)93(69)92(67)68/h10-62H,1-9H3/i52D,55D,62D. The van der Waals surface area contributed by atoms with Crippen LogP contribution < -0.4 is 25.5 Å². The molecular formula is C102H80BN3S. The van der Waals surface area contributed by atoms with Gasteiger partial charge in [0.05, 0.1) is 32.2 Å². The van der Waals surface area contributed by atoms with Crippen LogP contribution in [0.25, 0.3) is 137 Å². The van der Waals surface area contributed by atoms with Crippen molar-refractivity contribution in [3.63, 3.8) is 0 Å². The van der Waals surface area contributed by atoms with E-state index in [1.54, 1.807) is 0 Å². The highest BCUT2D eigenvalue weighted by Gasteiger charge is 2.48. The minimum Gasteiger partial charge on any atom is -0.310 e. The van der Waals surface area contributed by atoms with Crippen LogP contribution in [0.5, 0.6) is 0 Å². The van der Waals surface area contributed by atoms with E-state index in [1.165, 1.54) is 43.4 Å². The Morgan fingerprint density at radius 3 is 1.25 bits per heavy atom. The van der Waals surface area contributed by atoms with E-state index in [4.69, 9.17) is 0 Å². The molecule has 0 spiro atoms. The fourth-order valence-corrected chi connectivity index (χ4v) is 19.0. The predicted octanol–water partition coefficient (Wildman–Crippen LogP) is 26.9. The average Bonchev–Trinajstić information content (AvgIpc) is 1.27. The zero-order valence-corrected chi connectivity index (χ0v) is 62.5. The summed E-state index contributed by atoms with van der Waals surface area (Å²) in [4.78, 5) is 5.09. The molecule has 0 radical (unpaired) electrons. The topological polar surface area (TPSA) is 11.4 Å². The number of hydrogen-bond donors (Lipinski definition) is 0. The van der Waals surface area contributed by atoms with Crippen molar-refractivity contribution in [1.82, 2.24) is 4.57 Å². The molecular weight excluding hydrogens is 1310 g/mol. The molecule has 0 unspecified atom stereocenters. The second-order valence-electron chi connectivity index (χ2n) is 32.5. The van der Waals surface area contributed by atoms with Crippen molar-refractivity contribution in [2.45, 2.75) is 78.6 Å². The molecule has 0 saturated heterocycles. The molecule has 2 aromatic heterocycles. The van der Waals surface area contributed by atoms with Crippen molar-refractivity contribution in [2.75, 3.05) is 9.80 Å². The maximum Gasteiger partial charge on any atom is 0.264 e. The molecule has 18 aromatic rings. The molecule has 3 nitrogen and oxygen atoms in total. The number of rotatable bonds is 9. The third-order valence-corrected chi connectivity index (χ3v) is 24.2. The molecule has 5 heteroatoms. The molecule has 0 N–H and O–H groups in total. The Labute approximate surface area is 635 Å². The maximum atomic E-state index is 11.8. The van der Waals surface area contributed by atoms with Crippen LogP contribution in [0.2, 0.25) is 0 Å². The summed E-state index contributed by atoms with van der Waals surface area (Å²) < 4.78 is 38.7. The number of para-hydroxylation sites is 2. The number of fused-ring (bicyclic) bond motifs is 9. The molecule has 20 rings (SSSR count). The van der Waals surface area contributed by atoms with Gasteiger partial charge in [0.1, 0.15) is 0 Å². The third-order valence-electron chi connectivity index (χ3n) is 22.9. The van der Waals surface area contributed by atoms with Gasteiger partial charge in [0.25, 0.3) is 6.71 Å². The normalized spacial score (nSPS) is 13.4. The van der Waals surface area contributed by atoms with Crippen molar-refractivity contribution >= 4 is 132 Å². The van der Waals surface area contributed by atoms with Crippen molar-refractivity contribution in [1.29, 1.82) is 0 Å². The number of nitrogens with zero attached hydrogens (tertiary/aromatic N) is 3. The van der Waals surface area contributed by atoms with Crippen LogP contribution in [0.4, 0.5) is 34.1 Å². The van der Waals surface area contributed by atoms with Gasteiger partial charge in [0.2, 0.25) is 0 Å². The molecule has 0 atom stereocenters. The molecule has 4 heterocycles. The number of anilines is 6. The van der Waals surface area contributed by atoms with Gasteiger partial charge in [0, 0.05) is 76.2 Å². The quantitative estimate of drug-likeness (QED) is 0.105. The average molecular weight is 1390 g/mol. The van der Waals surface area contributed by atoms with Crippen LogP contribution in [0.15, 0.2) is 321 Å². The second-order valence-corrected chi connectivity index (χ2v) is 33.5. The fourth-order valence-electron chi connectivity index (χ4n) is 17.5. The number of benzene rings is 16. The van der Waals surface area contributed by atoms with Gasteiger partial charge in [-0.1, -0.05) is 323 Å². The van der Waals surface area contributed by atoms with Crippen molar-refractivity contribution in [3.8, 4) is 72.4 Å². The first kappa shape index (κ1) is 61.3. The van der Waals surface area contributed by atoms with Crippen LogP contribution >= 0.6 is 11.3 Å². The Hall–Kier alpha value is -12.0. The Balaban J connectivity index is 0.988. The smallest absolute Gasteiger partial charge is 0.264 e. The van der Waals surface area contributed by atoms with Gasteiger partial charge in [-0.15, -0.1) is 11.3 Å². The van der Waals surface area contributed by atoms with E-state index in [0.717, 1.165) is 143 Å². The van der Waals surface area contributed by atoms with Gasteiger partial charge in [-0.2, -0.15) is 0 Å². The molecule has 0 aliphatic carbocycles. The Kier molecular flexibility index (Phi) is 13.9. The van der Waals surface area contributed by atoms with Crippen LogP contribution in [0.3, 0.4) is 0 Å². The van der Waals surface area contributed by atoms with Gasteiger partial charge >= 0.3 is 0 Å². The van der Waals surface area contributed by atoms with Gasteiger partial charge in [0.15, 0.2) is 0 Å². The first-order chi connectivity index (χ1) is 53.3. The van der Waals surface area contributed by atoms with Crippen molar-refractivity contribution < 1.29 is 4.11 Å². The number of hydrogen-bond acceptors (Lipinski definition) is 3. The molecule has 0 amide bonds. The summed E-state index contributed by atoms with van der Waals surface area (Å²) in [7, 11) is 0. The number of thiophene rings is 1. The molecule has 0 fully saturated rings. The molecule has 2 aliphatic heterocycles. The maximum absolute atomic E-state index is 11.8. The van der Waals surface area contributed by atoms with Crippen LogP contribution in [0.1, 0.15) is 83.1 Å². The molecule has 2 aliphatic rings. The lowest BCUT2D eigenvalue weighted by molar-refractivity contribution is 0.590. The SMILES string of the molecule is [2H]c1c([2H])c(-n2c3ccccc3c3ccccc32)c([2H])c2c1B1c3sc4c(-c5ccccc5-c5ccc6ccc7cccc8ccc5c6c78)cccc4c3N(c3c(-c4ccccc4)cc(C(C)(C)C)cc3-c3ccccc3)c3cc(C(C)(C)C)cc(c31)N2c1c(-c2ccccc2)cc(C(C)(C)C)cc1-c1ccccc1. The molecule has 0 saturated carbocycles. The van der Waals surface area contributed by atoms with E-state index >= 15 is 0 Å². The minimum absolute atomic E-state index is 0.00494. The minimum atomic E-state index is -0.680. The van der Waals surface area contributed by atoms with Gasteiger partial charge in [-0.3, -0.25) is 0 Å². The van der Waals surface area contributed by atoms with E-state index in [-0.39, 0.29) is 29.0 Å². The summed E-state index contributed by atoms with van der Waals surface area (Å²) in [6.45, 7) is 20.2. The molecule has 0 bridgehead atoms. The first-order valence-corrected chi connectivity index (χ1v) is 38.4. The highest BCUT2D eigenvalue weighted by molar-refractivity contribution is 7.34. The summed E-state index contributed by atoms with van der Waals surface area (Å²) in [5.41, 5.74) is 24.6. The fraction of sp³-hybridized carbons (Fsp3) is 0.118. The lowest BCUT2D eigenvalue weighted by Gasteiger charge is -2.46. The summed E-state index contributed by atoms with van der Waals surface area (Å²) >= 11 is 1.81. The van der Waals surface area contributed by atoms with Crippen molar-refractivity contribution in [3.05, 3.63) is 338 Å². The zero-order chi connectivity index (χ0) is 75.0. The van der Waals surface area contributed by atoms with E-state index in [0.29, 0.717) is 16.8 Å². The van der Waals surface area contributed by atoms with Crippen LogP contribution in [0, 0.1) is 0 Å². The van der Waals surface area contributed by atoms with E-state index in [9.17, 15) is 4.11 Å². The highest BCUT2D eigenvalue weighted by Crippen LogP contribution is 2.58. The first-order valence-electron chi connectivity index (χ1n) is 39.1. The molecule has 16 aromatic carbocycles. The Morgan fingerprint density at radius 1 is 0.318 bits per heavy atom. The van der Waals surface area contributed by atoms with E-state index < -0.39 is 12.1 Å². The van der Waals surface area contributed by atoms with Crippen molar-refractivity contribution in [2.24, 2.45) is 0 Å². The lowest BCUT2D eigenvalue weighted by Crippen LogP contribution is -2.60. The lowest BCUT2D eigenvalue weighted by atomic mass is 9.36. The van der Waals surface area contributed by atoms with Gasteiger partial charge in [-0.25, -0.2) is 0 Å². The largest absolute Gasteiger partial charge is 0.310 e. The third kappa shape index (κ3) is 10.2. The molecule has 512 valence electrons. The van der Waals surface area contributed by atoms with Crippen LogP contribution in [-0.2, 0) is 16.2 Å². The predicted molar refractivity (Wildman–Crippen MR) is 463 cm³/mol. The van der Waals surface area contributed by atoms with Gasteiger partial charge in [-0.05, 0) is 176 Å².